The van der Waals surface area contributed by atoms with Crippen LogP contribution in [0.25, 0.3) is 0 Å². The second-order valence-electron chi connectivity index (χ2n) is 19.6. The highest BCUT2D eigenvalue weighted by atomic mass is 16.6. The second-order valence-corrected chi connectivity index (χ2v) is 19.6. The van der Waals surface area contributed by atoms with Gasteiger partial charge in [-0.3, -0.25) is 14.4 Å². The molecule has 6 nitrogen and oxygen atoms in total. The summed E-state index contributed by atoms with van der Waals surface area (Å²) in [6.45, 7) is 6.57. The third kappa shape index (κ3) is 54.2. The number of unbranched alkanes of at least 4 members (excludes halogenated alkanes) is 34. The van der Waals surface area contributed by atoms with Crippen molar-refractivity contribution in [3.8, 4) is 0 Å². The molecule has 0 fully saturated rings. The molecule has 0 aliphatic heterocycles. The van der Waals surface area contributed by atoms with Crippen molar-refractivity contribution in [1.29, 1.82) is 0 Å². The van der Waals surface area contributed by atoms with E-state index in [2.05, 4.69) is 69.4 Å². The largest absolute Gasteiger partial charge is 0.462 e. The second kappa shape index (κ2) is 56.0. The highest BCUT2D eigenvalue weighted by Crippen LogP contribution is 2.16. The van der Waals surface area contributed by atoms with Crippen molar-refractivity contribution in [1.82, 2.24) is 0 Å². The first-order valence-electron chi connectivity index (χ1n) is 29.1. The number of ether oxygens (including phenoxy) is 3. The Morgan fingerprint density at radius 3 is 0.851 bits per heavy atom. The molecule has 0 amide bonds. The molecular formula is C61H110O6. The lowest BCUT2D eigenvalue weighted by molar-refractivity contribution is -0.167. The fraction of sp³-hybridized carbons (Fsp3) is 0.820. The van der Waals surface area contributed by atoms with Gasteiger partial charge in [0.2, 0.25) is 0 Å². The zero-order chi connectivity index (χ0) is 48.6. The molecule has 0 N–H and O–H groups in total. The van der Waals surface area contributed by atoms with Gasteiger partial charge in [-0.2, -0.15) is 0 Å². The van der Waals surface area contributed by atoms with Crippen molar-refractivity contribution in [2.24, 2.45) is 0 Å². The molecule has 0 aromatic heterocycles. The average molecular weight is 940 g/mol. The molecule has 0 aliphatic rings. The first-order chi connectivity index (χ1) is 33.0. The van der Waals surface area contributed by atoms with Gasteiger partial charge in [-0.05, 0) is 83.5 Å². The molecule has 0 aromatic carbocycles. The van der Waals surface area contributed by atoms with E-state index in [0.717, 1.165) is 77.0 Å². The summed E-state index contributed by atoms with van der Waals surface area (Å²) in [6, 6.07) is 0. The number of hydrogen-bond acceptors (Lipinski definition) is 6. The molecule has 6 heteroatoms. The van der Waals surface area contributed by atoms with Gasteiger partial charge in [0.15, 0.2) is 6.10 Å². The van der Waals surface area contributed by atoms with Crippen molar-refractivity contribution < 1.29 is 28.6 Å². The fourth-order valence-corrected chi connectivity index (χ4v) is 8.39. The smallest absolute Gasteiger partial charge is 0.306 e. The number of carbonyl (C=O) groups excluding carboxylic acids is 3. The van der Waals surface area contributed by atoms with Gasteiger partial charge in [0, 0.05) is 19.3 Å². The lowest BCUT2D eigenvalue weighted by atomic mass is 10.0. The molecule has 0 bridgehead atoms. The number of rotatable bonds is 53. The summed E-state index contributed by atoms with van der Waals surface area (Å²) in [5.74, 6) is -0.883. The molecule has 0 aliphatic carbocycles. The van der Waals surface area contributed by atoms with Crippen molar-refractivity contribution in [2.75, 3.05) is 13.2 Å². The van der Waals surface area contributed by atoms with Crippen molar-refractivity contribution >= 4 is 17.9 Å². The van der Waals surface area contributed by atoms with Crippen LogP contribution < -0.4 is 0 Å². The minimum Gasteiger partial charge on any atom is -0.462 e. The van der Waals surface area contributed by atoms with Crippen LogP contribution in [-0.4, -0.2) is 37.2 Å². The van der Waals surface area contributed by atoms with Gasteiger partial charge in [-0.25, -0.2) is 0 Å². The molecule has 0 radical (unpaired) electrons. The molecule has 0 heterocycles. The monoisotopic (exact) mass is 939 g/mol. The van der Waals surface area contributed by atoms with Crippen LogP contribution in [0.2, 0.25) is 0 Å². The number of esters is 3. The molecular weight excluding hydrogens is 829 g/mol. The van der Waals surface area contributed by atoms with Gasteiger partial charge in [0.05, 0.1) is 0 Å². The SMILES string of the molecule is CCCCCCC/C=C\C/C=C\C/C=C\CCCCCCCCCCCCCCCCC(=O)OCC(COC(=O)CCCCCCCC)OC(=O)CCCCCCC/C=C\CCCCCCC. The maximum Gasteiger partial charge on any atom is 0.306 e. The summed E-state index contributed by atoms with van der Waals surface area (Å²) in [5, 5.41) is 0. The summed E-state index contributed by atoms with van der Waals surface area (Å²) in [5.41, 5.74) is 0. The Kier molecular flexibility index (Phi) is 53.8. The molecule has 67 heavy (non-hydrogen) atoms. The van der Waals surface area contributed by atoms with Crippen LogP contribution in [0, 0.1) is 0 Å². The van der Waals surface area contributed by atoms with E-state index in [9.17, 15) is 14.4 Å². The van der Waals surface area contributed by atoms with Gasteiger partial charge in [0.1, 0.15) is 13.2 Å². The van der Waals surface area contributed by atoms with Crippen LogP contribution in [0.5, 0.6) is 0 Å². The standard InChI is InChI=1S/C61H110O6/c1-4-7-10-13-16-18-20-22-24-25-26-27-28-29-30-31-32-33-34-35-36-37-38-40-41-43-45-48-51-54-60(63)66-57-58(56-65-59(62)53-50-47-15-12-9-6-3)67-61(64)55-52-49-46-44-42-39-23-21-19-17-14-11-8-5-2/h20-23,25-26,28-29,58H,4-19,24,27,30-57H2,1-3H3/b22-20-,23-21-,26-25-,29-28-. The van der Waals surface area contributed by atoms with Crippen LogP contribution in [0.15, 0.2) is 48.6 Å². The minimum atomic E-state index is -0.772. The molecule has 1 unspecified atom stereocenters. The summed E-state index contributed by atoms with van der Waals surface area (Å²) >= 11 is 0. The number of hydrogen-bond donors (Lipinski definition) is 0. The summed E-state index contributed by atoms with van der Waals surface area (Å²) in [4.78, 5) is 37.8. The average Bonchev–Trinajstić information content (AvgIpc) is 3.33. The maximum atomic E-state index is 12.8. The van der Waals surface area contributed by atoms with Gasteiger partial charge < -0.3 is 14.2 Å². The van der Waals surface area contributed by atoms with Crippen LogP contribution in [-0.2, 0) is 28.6 Å². The van der Waals surface area contributed by atoms with Crippen LogP contribution in [0.4, 0.5) is 0 Å². The van der Waals surface area contributed by atoms with E-state index in [1.165, 1.54) is 186 Å². The Hall–Kier alpha value is -2.63. The zero-order valence-electron chi connectivity index (χ0n) is 44.7. The van der Waals surface area contributed by atoms with Crippen molar-refractivity contribution in [3.05, 3.63) is 48.6 Å². The quantitative estimate of drug-likeness (QED) is 0.0262. The minimum absolute atomic E-state index is 0.0744. The van der Waals surface area contributed by atoms with E-state index in [1.54, 1.807) is 0 Å². The molecule has 390 valence electrons. The zero-order valence-corrected chi connectivity index (χ0v) is 44.7. The van der Waals surface area contributed by atoms with Crippen LogP contribution in [0.3, 0.4) is 0 Å². The highest BCUT2D eigenvalue weighted by Gasteiger charge is 2.19. The molecule has 0 aromatic rings. The molecule has 1 atom stereocenters. The third-order valence-electron chi connectivity index (χ3n) is 12.8. The summed E-state index contributed by atoms with van der Waals surface area (Å²) in [6.07, 6.45) is 68.6. The topological polar surface area (TPSA) is 78.9 Å². The van der Waals surface area contributed by atoms with Gasteiger partial charge in [0.25, 0.3) is 0 Å². The Balaban J connectivity index is 4.03. The Labute approximate surface area is 416 Å². The van der Waals surface area contributed by atoms with E-state index >= 15 is 0 Å². The number of carbonyl (C=O) groups is 3. The van der Waals surface area contributed by atoms with Gasteiger partial charge in [-0.15, -0.1) is 0 Å². The van der Waals surface area contributed by atoms with E-state index in [1.807, 2.05) is 0 Å². The van der Waals surface area contributed by atoms with Crippen molar-refractivity contribution in [2.45, 2.75) is 309 Å². The molecule has 0 spiro atoms. The first-order valence-corrected chi connectivity index (χ1v) is 29.1. The normalized spacial score (nSPS) is 12.3. The molecule has 0 rings (SSSR count). The highest BCUT2D eigenvalue weighted by molar-refractivity contribution is 5.71. The summed E-state index contributed by atoms with van der Waals surface area (Å²) in [7, 11) is 0. The van der Waals surface area contributed by atoms with Gasteiger partial charge in [-0.1, -0.05) is 249 Å². The predicted molar refractivity (Wildman–Crippen MR) is 289 cm³/mol. The maximum absolute atomic E-state index is 12.8. The van der Waals surface area contributed by atoms with E-state index in [0.29, 0.717) is 19.3 Å². The predicted octanol–water partition coefficient (Wildman–Crippen LogP) is 19.4. The molecule has 0 saturated heterocycles. The van der Waals surface area contributed by atoms with E-state index in [-0.39, 0.29) is 31.1 Å². The number of allylic oxidation sites excluding steroid dienone is 8. The first kappa shape index (κ1) is 64.4. The van der Waals surface area contributed by atoms with Crippen molar-refractivity contribution in [3.63, 3.8) is 0 Å². The van der Waals surface area contributed by atoms with Crippen LogP contribution in [0.1, 0.15) is 303 Å². The van der Waals surface area contributed by atoms with Crippen LogP contribution >= 0.6 is 0 Å². The Morgan fingerprint density at radius 1 is 0.299 bits per heavy atom. The lowest BCUT2D eigenvalue weighted by Crippen LogP contribution is -2.30. The fourth-order valence-electron chi connectivity index (χ4n) is 8.39. The van der Waals surface area contributed by atoms with E-state index < -0.39 is 6.10 Å². The summed E-state index contributed by atoms with van der Waals surface area (Å²) < 4.78 is 16.7. The Morgan fingerprint density at radius 2 is 0.537 bits per heavy atom. The van der Waals surface area contributed by atoms with Gasteiger partial charge >= 0.3 is 17.9 Å². The van der Waals surface area contributed by atoms with E-state index in [4.69, 9.17) is 14.2 Å². The molecule has 0 saturated carbocycles. The third-order valence-corrected chi connectivity index (χ3v) is 12.8. The lowest BCUT2D eigenvalue weighted by Gasteiger charge is -2.18. The Bertz CT molecular complexity index is 1170.